The molecule has 3 aromatic heterocycles. The highest BCUT2D eigenvalue weighted by Gasteiger charge is 2.52. The molecule has 0 unspecified atom stereocenters. The van der Waals surface area contributed by atoms with Gasteiger partial charge in [-0.25, -0.2) is 15.0 Å². The Bertz CT molecular complexity index is 3720. The van der Waals surface area contributed by atoms with Crippen LogP contribution in [0.4, 0.5) is 0 Å². The molecule has 2 aliphatic carbocycles. The zero-order valence-corrected chi connectivity index (χ0v) is 33.7. The first-order valence-corrected chi connectivity index (χ1v) is 21.3. The Hall–Kier alpha value is -8.41. The molecule has 0 radical (unpaired) electrons. The molecule has 0 N–H and O–H groups in total. The summed E-state index contributed by atoms with van der Waals surface area (Å²) in [5.74, 6) is 1.60. The van der Waals surface area contributed by atoms with Gasteiger partial charge in [-0.2, -0.15) is 0 Å². The van der Waals surface area contributed by atoms with Crippen LogP contribution < -0.4 is 0 Å². The van der Waals surface area contributed by atoms with Crippen molar-refractivity contribution in [3.8, 4) is 67.5 Å². The lowest BCUT2D eigenvalue weighted by Crippen LogP contribution is -2.25. The molecule has 0 fully saturated rings. The summed E-state index contributed by atoms with van der Waals surface area (Å²) < 4.78 is 13.1. The third-order valence-electron chi connectivity index (χ3n) is 13.4. The standard InChI is InChI=1S/C58H33N3O2/c1-6-27-46-37(17-1)38-18-2-7-28-47(38)58(46)48-29-8-3-21-43(48)52-36(22-14-30-49(52)58)34-15-11-16-35(33-34)55-59-56(44-25-12-23-41-39-19-4-9-31-50(39)62-53(41)44)61-57(60-55)45-26-13-24-42-40-20-5-10-32-51(40)63-54(42)45/h1-33H. The van der Waals surface area contributed by atoms with E-state index in [4.69, 9.17) is 23.8 Å². The van der Waals surface area contributed by atoms with Gasteiger partial charge in [-0.05, 0) is 86.0 Å². The van der Waals surface area contributed by atoms with E-state index in [1.54, 1.807) is 0 Å². The number of hydrogen-bond donors (Lipinski definition) is 0. The van der Waals surface area contributed by atoms with Gasteiger partial charge >= 0.3 is 0 Å². The molecule has 292 valence electrons. The number of para-hydroxylation sites is 4. The van der Waals surface area contributed by atoms with Crippen molar-refractivity contribution in [3.63, 3.8) is 0 Å². The Balaban J connectivity index is 0.993. The normalized spacial score (nSPS) is 13.2. The van der Waals surface area contributed by atoms with Crippen LogP contribution in [0.15, 0.2) is 209 Å². The summed E-state index contributed by atoms with van der Waals surface area (Å²) in [5, 5.41) is 4.12. The molecule has 0 aliphatic heterocycles. The van der Waals surface area contributed by atoms with E-state index in [1.165, 1.54) is 44.5 Å². The molecule has 0 saturated heterocycles. The number of fused-ring (bicyclic) bond motifs is 16. The summed E-state index contributed by atoms with van der Waals surface area (Å²) in [6, 6.07) is 70.9. The molecule has 0 amide bonds. The fraction of sp³-hybridized carbons (Fsp3) is 0.0172. The zero-order chi connectivity index (χ0) is 41.2. The molecule has 63 heavy (non-hydrogen) atoms. The van der Waals surface area contributed by atoms with E-state index in [1.807, 2.05) is 60.7 Å². The number of nitrogens with zero attached hydrogens (tertiary/aromatic N) is 3. The van der Waals surface area contributed by atoms with Crippen LogP contribution in [0.25, 0.3) is 111 Å². The minimum absolute atomic E-state index is 0.430. The SMILES string of the molecule is c1cc(-c2nc(-c3cccc4c3oc3ccccc34)nc(-c3cccc4c3oc3ccccc34)n2)cc(-c2cccc3c2-c2ccccc2C32c3ccccc3-c3ccccc32)c1. The highest BCUT2D eigenvalue weighted by Crippen LogP contribution is 2.64. The molecule has 0 atom stereocenters. The van der Waals surface area contributed by atoms with Crippen LogP contribution in [-0.2, 0) is 5.41 Å². The van der Waals surface area contributed by atoms with E-state index in [0.717, 1.165) is 71.7 Å². The van der Waals surface area contributed by atoms with Gasteiger partial charge in [0, 0.05) is 27.1 Å². The smallest absolute Gasteiger partial charge is 0.167 e. The topological polar surface area (TPSA) is 65.0 Å². The minimum atomic E-state index is -0.430. The lowest BCUT2D eigenvalue weighted by molar-refractivity contribution is 0.669. The Morgan fingerprint density at radius 2 is 0.714 bits per heavy atom. The first-order chi connectivity index (χ1) is 31.2. The maximum Gasteiger partial charge on any atom is 0.167 e. The van der Waals surface area contributed by atoms with E-state index in [0.29, 0.717) is 17.5 Å². The van der Waals surface area contributed by atoms with Crippen molar-refractivity contribution >= 4 is 43.9 Å². The number of benzene rings is 9. The van der Waals surface area contributed by atoms with Crippen LogP contribution in [0, 0.1) is 0 Å². The van der Waals surface area contributed by atoms with Gasteiger partial charge in [-0.1, -0.05) is 170 Å². The Labute approximate surface area is 361 Å². The van der Waals surface area contributed by atoms with Crippen molar-refractivity contribution in [2.75, 3.05) is 0 Å². The monoisotopic (exact) mass is 803 g/mol. The maximum absolute atomic E-state index is 6.55. The zero-order valence-electron chi connectivity index (χ0n) is 33.7. The van der Waals surface area contributed by atoms with E-state index in [-0.39, 0.29) is 0 Å². The second kappa shape index (κ2) is 12.8. The predicted molar refractivity (Wildman–Crippen MR) is 252 cm³/mol. The van der Waals surface area contributed by atoms with E-state index in [9.17, 15) is 0 Å². The van der Waals surface area contributed by atoms with Gasteiger partial charge < -0.3 is 8.83 Å². The lowest BCUT2D eigenvalue weighted by atomic mass is 9.70. The molecule has 9 aromatic carbocycles. The fourth-order valence-corrected chi connectivity index (χ4v) is 10.8. The molecule has 2 aliphatic rings. The summed E-state index contributed by atoms with van der Waals surface area (Å²) in [4.78, 5) is 15.8. The van der Waals surface area contributed by atoms with Crippen molar-refractivity contribution in [3.05, 3.63) is 222 Å². The van der Waals surface area contributed by atoms with Gasteiger partial charge in [0.25, 0.3) is 0 Å². The second-order valence-electron chi connectivity index (χ2n) is 16.6. The molecule has 0 saturated carbocycles. The van der Waals surface area contributed by atoms with Crippen LogP contribution in [0.1, 0.15) is 22.3 Å². The maximum atomic E-state index is 6.55. The van der Waals surface area contributed by atoms with Gasteiger partial charge in [0.2, 0.25) is 0 Å². The number of furan rings is 2. The molecule has 0 bridgehead atoms. The van der Waals surface area contributed by atoms with Gasteiger partial charge in [-0.15, -0.1) is 0 Å². The van der Waals surface area contributed by atoms with Gasteiger partial charge in [0.15, 0.2) is 17.5 Å². The van der Waals surface area contributed by atoms with Crippen molar-refractivity contribution in [1.82, 2.24) is 15.0 Å². The third kappa shape index (κ3) is 4.68. The number of hydrogen-bond acceptors (Lipinski definition) is 5. The molecule has 5 heteroatoms. The highest BCUT2D eigenvalue weighted by atomic mass is 16.3. The van der Waals surface area contributed by atoms with Crippen molar-refractivity contribution in [1.29, 1.82) is 0 Å². The Morgan fingerprint density at radius 3 is 1.33 bits per heavy atom. The van der Waals surface area contributed by atoms with Crippen LogP contribution in [-0.4, -0.2) is 15.0 Å². The third-order valence-corrected chi connectivity index (χ3v) is 13.4. The molecule has 1 spiro atoms. The minimum Gasteiger partial charge on any atom is -0.455 e. The summed E-state index contributed by atoms with van der Waals surface area (Å²) >= 11 is 0. The van der Waals surface area contributed by atoms with Crippen LogP contribution in [0.3, 0.4) is 0 Å². The average Bonchev–Trinajstić information content (AvgIpc) is 4.09. The van der Waals surface area contributed by atoms with Gasteiger partial charge in [0.05, 0.1) is 16.5 Å². The second-order valence-corrected chi connectivity index (χ2v) is 16.6. The van der Waals surface area contributed by atoms with E-state index >= 15 is 0 Å². The molecular formula is C58H33N3O2. The Kier molecular flexibility index (Phi) is 6.97. The summed E-state index contributed by atoms with van der Waals surface area (Å²) in [5.41, 5.74) is 17.7. The van der Waals surface area contributed by atoms with Crippen molar-refractivity contribution < 1.29 is 8.83 Å². The first-order valence-electron chi connectivity index (χ1n) is 21.3. The van der Waals surface area contributed by atoms with Crippen LogP contribution >= 0.6 is 0 Å². The van der Waals surface area contributed by atoms with Crippen LogP contribution in [0.5, 0.6) is 0 Å². The molecule has 3 heterocycles. The van der Waals surface area contributed by atoms with E-state index in [2.05, 4.69) is 140 Å². The van der Waals surface area contributed by atoms with Gasteiger partial charge in [0.1, 0.15) is 22.3 Å². The first kappa shape index (κ1) is 34.3. The summed E-state index contributed by atoms with van der Waals surface area (Å²) in [6.45, 7) is 0. The van der Waals surface area contributed by atoms with Crippen LogP contribution in [0.2, 0.25) is 0 Å². The van der Waals surface area contributed by atoms with E-state index < -0.39 is 5.41 Å². The lowest BCUT2D eigenvalue weighted by Gasteiger charge is -2.30. The fourth-order valence-electron chi connectivity index (χ4n) is 10.8. The predicted octanol–water partition coefficient (Wildman–Crippen LogP) is 14.7. The Morgan fingerprint density at radius 1 is 0.302 bits per heavy atom. The quantitative estimate of drug-likeness (QED) is 0.177. The highest BCUT2D eigenvalue weighted by molar-refractivity contribution is 6.10. The number of aromatic nitrogens is 3. The largest absolute Gasteiger partial charge is 0.455 e. The molecule has 14 rings (SSSR count). The summed E-state index contributed by atoms with van der Waals surface area (Å²) in [6.07, 6.45) is 0. The average molecular weight is 804 g/mol. The van der Waals surface area contributed by atoms with Crippen molar-refractivity contribution in [2.24, 2.45) is 0 Å². The number of rotatable bonds is 4. The molecule has 12 aromatic rings. The van der Waals surface area contributed by atoms with Gasteiger partial charge in [-0.3, -0.25) is 0 Å². The molecular weight excluding hydrogens is 771 g/mol. The summed E-state index contributed by atoms with van der Waals surface area (Å²) in [7, 11) is 0. The van der Waals surface area contributed by atoms with Crippen molar-refractivity contribution in [2.45, 2.75) is 5.41 Å². The molecule has 5 nitrogen and oxygen atoms in total.